The predicted molar refractivity (Wildman–Crippen MR) is 72.9 cm³/mol. The van der Waals surface area contributed by atoms with Gasteiger partial charge in [-0.3, -0.25) is 9.59 Å². The average Bonchev–Trinajstić information content (AvgIpc) is 2.85. The molecule has 7 nitrogen and oxygen atoms in total. The lowest BCUT2D eigenvalue weighted by atomic mass is 10.1. The van der Waals surface area contributed by atoms with E-state index in [4.69, 9.17) is 10.8 Å². The third kappa shape index (κ3) is 4.48. The summed E-state index contributed by atoms with van der Waals surface area (Å²) >= 11 is 0. The van der Waals surface area contributed by atoms with Crippen LogP contribution in [0, 0.1) is 0 Å². The van der Waals surface area contributed by atoms with Gasteiger partial charge in [-0.2, -0.15) is 0 Å². The minimum Gasteiger partial charge on any atom is -0.480 e. The Kier molecular flexibility index (Phi) is 6.44. The van der Waals surface area contributed by atoms with Crippen LogP contribution < -0.4 is 11.1 Å². The maximum atomic E-state index is 12.4. The molecule has 0 aliphatic carbocycles. The van der Waals surface area contributed by atoms with E-state index in [0.29, 0.717) is 32.4 Å². The number of hydrogen-bond donors (Lipinski definition) is 3. The highest BCUT2D eigenvalue weighted by Gasteiger charge is 2.37. The lowest BCUT2D eigenvalue weighted by molar-refractivity contribution is -0.149. The summed E-state index contributed by atoms with van der Waals surface area (Å²) < 4.78 is 0. The minimum absolute atomic E-state index is 0.290. The molecule has 0 aromatic rings. The highest BCUT2D eigenvalue weighted by molar-refractivity contribution is 5.90. The van der Waals surface area contributed by atoms with E-state index >= 15 is 0 Å². The topological polar surface area (TPSA) is 113 Å². The maximum absolute atomic E-state index is 12.4. The van der Waals surface area contributed by atoms with Gasteiger partial charge in [0.2, 0.25) is 11.8 Å². The van der Waals surface area contributed by atoms with Crippen LogP contribution in [-0.4, -0.2) is 53.0 Å². The van der Waals surface area contributed by atoms with Crippen molar-refractivity contribution >= 4 is 17.8 Å². The molecule has 20 heavy (non-hydrogen) atoms. The van der Waals surface area contributed by atoms with Crippen LogP contribution in [0.5, 0.6) is 0 Å². The molecular weight excluding hydrogens is 262 g/mol. The number of carboxylic acids is 1. The van der Waals surface area contributed by atoms with Crippen molar-refractivity contribution in [1.82, 2.24) is 10.2 Å². The number of unbranched alkanes of at least 4 members (excludes halogenated alkanes) is 1. The Morgan fingerprint density at radius 2 is 2.10 bits per heavy atom. The van der Waals surface area contributed by atoms with Crippen molar-refractivity contribution in [3.8, 4) is 0 Å². The van der Waals surface area contributed by atoms with Gasteiger partial charge < -0.3 is 21.1 Å². The molecule has 4 N–H and O–H groups in total. The summed E-state index contributed by atoms with van der Waals surface area (Å²) in [7, 11) is 0. The van der Waals surface area contributed by atoms with Gasteiger partial charge in [-0.1, -0.05) is 0 Å². The molecule has 114 valence electrons. The monoisotopic (exact) mass is 285 g/mol. The van der Waals surface area contributed by atoms with Gasteiger partial charge in [-0.05, 0) is 38.6 Å². The molecule has 0 unspecified atom stereocenters. The molecule has 0 bridgehead atoms. The summed E-state index contributed by atoms with van der Waals surface area (Å²) in [5.41, 5.74) is 5.42. The fourth-order valence-electron chi connectivity index (χ4n) is 2.48. The molecule has 2 amide bonds. The first kappa shape index (κ1) is 16.4. The molecule has 1 saturated heterocycles. The summed E-state index contributed by atoms with van der Waals surface area (Å²) in [4.78, 5) is 36.1. The second kappa shape index (κ2) is 7.84. The summed E-state index contributed by atoms with van der Waals surface area (Å²) in [5, 5.41) is 11.7. The Hall–Kier alpha value is -1.63. The Balaban J connectivity index is 2.70. The van der Waals surface area contributed by atoms with Crippen LogP contribution in [0.3, 0.4) is 0 Å². The van der Waals surface area contributed by atoms with Crippen LogP contribution in [-0.2, 0) is 14.4 Å². The number of nitrogens with two attached hydrogens (primary N) is 1. The molecule has 0 aromatic carbocycles. The number of hydrogen-bond acceptors (Lipinski definition) is 4. The van der Waals surface area contributed by atoms with Gasteiger partial charge in [0.15, 0.2) is 0 Å². The first-order valence-electron chi connectivity index (χ1n) is 6.97. The highest BCUT2D eigenvalue weighted by Crippen LogP contribution is 2.19. The third-order valence-electron chi connectivity index (χ3n) is 3.44. The zero-order chi connectivity index (χ0) is 15.1. The Morgan fingerprint density at radius 1 is 1.40 bits per heavy atom. The maximum Gasteiger partial charge on any atom is 0.326 e. The largest absolute Gasteiger partial charge is 0.480 e. The van der Waals surface area contributed by atoms with E-state index in [1.807, 2.05) is 0 Å². The van der Waals surface area contributed by atoms with Gasteiger partial charge in [-0.25, -0.2) is 4.79 Å². The SMILES string of the molecule is CC(=O)N[C@@H](CCCCN)C(=O)N1CCC[C@H]1C(=O)O. The van der Waals surface area contributed by atoms with E-state index in [2.05, 4.69) is 5.32 Å². The number of carbonyl (C=O) groups excluding carboxylic acids is 2. The van der Waals surface area contributed by atoms with Crippen LogP contribution in [0.1, 0.15) is 39.0 Å². The molecule has 0 radical (unpaired) electrons. The van der Waals surface area contributed by atoms with Crippen molar-refractivity contribution in [2.75, 3.05) is 13.1 Å². The fourth-order valence-corrected chi connectivity index (χ4v) is 2.48. The first-order valence-corrected chi connectivity index (χ1v) is 6.97. The van der Waals surface area contributed by atoms with Crippen LogP contribution in [0.25, 0.3) is 0 Å². The molecule has 1 aliphatic heterocycles. The molecule has 1 fully saturated rings. The molecule has 2 atom stereocenters. The molecule has 7 heteroatoms. The van der Waals surface area contributed by atoms with Crippen LogP contribution in [0.4, 0.5) is 0 Å². The zero-order valence-electron chi connectivity index (χ0n) is 11.8. The van der Waals surface area contributed by atoms with Crippen molar-refractivity contribution in [2.45, 2.75) is 51.1 Å². The minimum atomic E-state index is -0.987. The second-order valence-electron chi connectivity index (χ2n) is 5.07. The number of rotatable bonds is 7. The van der Waals surface area contributed by atoms with E-state index < -0.39 is 18.1 Å². The van der Waals surface area contributed by atoms with E-state index in [1.54, 1.807) is 0 Å². The molecule has 0 saturated carbocycles. The Labute approximate surface area is 118 Å². The third-order valence-corrected chi connectivity index (χ3v) is 3.44. The number of nitrogens with one attached hydrogen (secondary N) is 1. The lowest BCUT2D eigenvalue weighted by Gasteiger charge is -2.27. The van der Waals surface area contributed by atoms with Crippen LogP contribution in [0.2, 0.25) is 0 Å². The van der Waals surface area contributed by atoms with E-state index in [9.17, 15) is 14.4 Å². The number of amides is 2. The highest BCUT2D eigenvalue weighted by atomic mass is 16.4. The summed E-state index contributed by atoms with van der Waals surface area (Å²) in [6, 6.07) is -1.42. The Bertz CT molecular complexity index is 373. The fraction of sp³-hybridized carbons (Fsp3) is 0.769. The molecule has 0 spiro atoms. The van der Waals surface area contributed by atoms with Crippen molar-refractivity contribution in [3.05, 3.63) is 0 Å². The van der Waals surface area contributed by atoms with Gasteiger partial charge in [0, 0.05) is 13.5 Å². The van der Waals surface area contributed by atoms with Crippen LogP contribution in [0.15, 0.2) is 0 Å². The van der Waals surface area contributed by atoms with Gasteiger partial charge in [0.25, 0.3) is 0 Å². The van der Waals surface area contributed by atoms with E-state index in [-0.39, 0.29) is 11.8 Å². The van der Waals surface area contributed by atoms with Gasteiger partial charge in [0.05, 0.1) is 0 Å². The zero-order valence-corrected chi connectivity index (χ0v) is 11.8. The van der Waals surface area contributed by atoms with Crippen molar-refractivity contribution in [3.63, 3.8) is 0 Å². The summed E-state index contributed by atoms with van der Waals surface area (Å²) in [6.07, 6.45) is 3.12. The van der Waals surface area contributed by atoms with Crippen LogP contribution >= 0.6 is 0 Å². The average molecular weight is 285 g/mol. The molecule has 1 heterocycles. The molecule has 0 aromatic heterocycles. The standard InChI is InChI=1S/C13H23N3O4/c1-9(17)15-10(5-2-3-7-14)12(18)16-8-4-6-11(16)13(19)20/h10-11H,2-8,14H2,1H3,(H,15,17)(H,19,20)/t10-,11-/m0/s1. The summed E-state index contributed by atoms with van der Waals surface area (Å²) in [5.74, 6) is -1.58. The predicted octanol–water partition coefficient (Wildman–Crippen LogP) is -0.304. The lowest BCUT2D eigenvalue weighted by Crippen LogP contribution is -2.51. The van der Waals surface area contributed by atoms with Crippen molar-refractivity contribution in [1.29, 1.82) is 0 Å². The van der Waals surface area contributed by atoms with E-state index in [1.165, 1.54) is 11.8 Å². The quantitative estimate of drug-likeness (QED) is 0.556. The number of likely N-dealkylation sites (tertiary alicyclic amines) is 1. The number of aliphatic carboxylic acids is 1. The van der Waals surface area contributed by atoms with Gasteiger partial charge in [-0.15, -0.1) is 0 Å². The molecular formula is C13H23N3O4. The van der Waals surface area contributed by atoms with Gasteiger partial charge in [0.1, 0.15) is 12.1 Å². The van der Waals surface area contributed by atoms with Crippen molar-refractivity contribution < 1.29 is 19.5 Å². The number of carbonyl (C=O) groups is 3. The van der Waals surface area contributed by atoms with Crippen molar-refractivity contribution in [2.24, 2.45) is 5.73 Å². The molecule has 1 aliphatic rings. The normalized spacial score (nSPS) is 19.7. The molecule has 1 rings (SSSR count). The van der Waals surface area contributed by atoms with E-state index in [0.717, 1.165) is 12.8 Å². The Morgan fingerprint density at radius 3 is 2.65 bits per heavy atom. The van der Waals surface area contributed by atoms with Gasteiger partial charge >= 0.3 is 5.97 Å². The summed E-state index contributed by atoms with van der Waals surface area (Å²) in [6.45, 7) is 2.31. The second-order valence-corrected chi connectivity index (χ2v) is 5.07. The first-order chi connectivity index (χ1) is 9.47. The number of nitrogens with zero attached hydrogens (tertiary/aromatic N) is 1. The smallest absolute Gasteiger partial charge is 0.326 e. The number of carboxylic acid groups (broad SMARTS) is 1.